The van der Waals surface area contributed by atoms with E-state index in [0.717, 1.165) is 11.8 Å². The topological polar surface area (TPSA) is 75.3 Å². The van der Waals surface area contributed by atoms with E-state index in [0.29, 0.717) is 5.69 Å². The second kappa shape index (κ2) is 5.74. The minimum atomic E-state index is -3.24. The molecule has 0 bridgehead atoms. The first kappa shape index (κ1) is 14.3. The van der Waals surface area contributed by atoms with E-state index in [1.807, 2.05) is 0 Å². The van der Waals surface area contributed by atoms with Crippen LogP contribution >= 0.6 is 0 Å². The fourth-order valence-electron chi connectivity index (χ4n) is 1.12. The maximum absolute atomic E-state index is 12.4. The van der Waals surface area contributed by atoms with Gasteiger partial charge in [-0.3, -0.25) is 4.79 Å². The van der Waals surface area contributed by atoms with Crippen LogP contribution in [0.25, 0.3) is 0 Å². The maximum atomic E-state index is 12.4. The highest BCUT2D eigenvalue weighted by Crippen LogP contribution is 2.10. The maximum Gasteiger partial charge on any atom is 0.283 e. The Bertz CT molecular complexity index is 552. The van der Waals surface area contributed by atoms with Crippen molar-refractivity contribution < 1.29 is 17.6 Å². The SMILES string of the molecule is C=C(F)C(=O)Nc1ccc(CNS(C)(=O)=O)cc1. The van der Waals surface area contributed by atoms with Crippen LogP contribution in [0.1, 0.15) is 5.56 Å². The molecule has 0 unspecified atom stereocenters. The summed E-state index contributed by atoms with van der Waals surface area (Å²) in [6, 6.07) is 6.32. The summed E-state index contributed by atoms with van der Waals surface area (Å²) in [6.07, 6.45) is 1.06. The molecular weight excluding hydrogens is 259 g/mol. The number of nitrogens with one attached hydrogen (secondary N) is 2. The van der Waals surface area contributed by atoms with E-state index in [4.69, 9.17) is 0 Å². The average molecular weight is 272 g/mol. The van der Waals surface area contributed by atoms with Crippen LogP contribution in [0.15, 0.2) is 36.7 Å². The van der Waals surface area contributed by atoms with Gasteiger partial charge >= 0.3 is 0 Å². The Morgan fingerprint density at radius 3 is 2.33 bits per heavy atom. The van der Waals surface area contributed by atoms with Gasteiger partial charge in [0.1, 0.15) is 0 Å². The third-order valence-electron chi connectivity index (χ3n) is 2.00. The highest BCUT2D eigenvalue weighted by molar-refractivity contribution is 7.88. The number of carbonyl (C=O) groups is 1. The standard InChI is InChI=1S/C11H13FN2O3S/c1-8(12)11(15)14-10-5-3-9(4-6-10)7-13-18(2,16)17/h3-6,13H,1,7H2,2H3,(H,14,15). The van der Waals surface area contributed by atoms with Crippen molar-refractivity contribution in [3.63, 3.8) is 0 Å². The van der Waals surface area contributed by atoms with Crippen molar-refractivity contribution >= 4 is 21.6 Å². The van der Waals surface area contributed by atoms with E-state index >= 15 is 0 Å². The average Bonchev–Trinajstić information content (AvgIpc) is 2.27. The Morgan fingerprint density at radius 2 is 1.89 bits per heavy atom. The van der Waals surface area contributed by atoms with Crippen molar-refractivity contribution in [3.8, 4) is 0 Å². The van der Waals surface area contributed by atoms with Gasteiger partial charge in [-0.1, -0.05) is 18.7 Å². The zero-order valence-corrected chi connectivity index (χ0v) is 10.6. The molecule has 1 aromatic rings. The molecule has 0 spiro atoms. The van der Waals surface area contributed by atoms with Gasteiger partial charge in [-0.05, 0) is 17.7 Å². The minimum Gasteiger partial charge on any atom is -0.320 e. The van der Waals surface area contributed by atoms with Crippen LogP contribution in [0.4, 0.5) is 10.1 Å². The molecule has 1 rings (SSSR count). The van der Waals surface area contributed by atoms with E-state index < -0.39 is 21.8 Å². The molecular formula is C11H13FN2O3S. The second-order valence-electron chi connectivity index (χ2n) is 3.65. The molecule has 0 aliphatic heterocycles. The third-order valence-corrected chi connectivity index (χ3v) is 2.67. The Balaban J connectivity index is 2.63. The zero-order chi connectivity index (χ0) is 13.8. The first-order chi connectivity index (χ1) is 8.28. The van der Waals surface area contributed by atoms with Gasteiger partial charge in [0, 0.05) is 12.2 Å². The number of amides is 1. The fourth-order valence-corrected chi connectivity index (χ4v) is 1.55. The Labute approximate surface area is 105 Å². The monoisotopic (exact) mass is 272 g/mol. The normalized spacial score (nSPS) is 11.0. The Kier molecular flexibility index (Phi) is 4.57. The van der Waals surface area contributed by atoms with Crippen molar-refractivity contribution in [1.29, 1.82) is 0 Å². The summed E-state index contributed by atoms with van der Waals surface area (Å²) in [5.41, 5.74) is 1.12. The van der Waals surface area contributed by atoms with Crippen LogP contribution in [-0.2, 0) is 21.4 Å². The van der Waals surface area contributed by atoms with Crippen LogP contribution in [0.2, 0.25) is 0 Å². The predicted octanol–water partition coefficient (Wildman–Crippen LogP) is 1.16. The van der Waals surface area contributed by atoms with E-state index in [1.54, 1.807) is 24.3 Å². The molecule has 0 heterocycles. The highest BCUT2D eigenvalue weighted by Gasteiger charge is 2.06. The summed E-state index contributed by atoms with van der Waals surface area (Å²) < 4.78 is 36.5. The molecule has 5 nitrogen and oxygen atoms in total. The molecule has 1 amide bonds. The molecule has 98 valence electrons. The number of halogens is 1. The smallest absolute Gasteiger partial charge is 0.283 e. The number of hydrogen-bond donors (Lipinski definition) is 2. The van der Waals surface area contributed by atoms with Crippen LogP contribution in [0, 0.1) is 0 Å². The van der Waals surface area contributed by atoms with Gasteiger partial charge in [0.25, 0.3) is 5.91 Å². The molecule has 1 aromatic carbocycles. The van der Waals surface area contributed by atoms with E-state index in [1.165, 1.54) is 0 Å². The molecule has 0 fully saturated rings. The number of hydrogen-bond acceptors (Lipinski definition) is 3. The van der Waals surface area contributed by atoms with E-state index in [9.17, 15) is 17.6 Å². The van der Waals surface area contributed by atoms with Gasteiger partial charge in [-0.2, -0.15) is 0 Å². The van der Waals surface area contributed by atoms with Gasteiger partial charge < -0.3 is 5.32 Å². The first-order valence-electron chi connectivity index (χ1n) is 4.97. The summed E-state index contributed by atoms with van der Waals surface area (Å²) in [7, 11) is -3.24. The fraction of sp³-hybridized carbons (Fsp3) is 0.182. The van der Waals surface area contributed by atoms with Crippen molar-refractivity contribution in [2.75, 3.05) is 11.6 Å². The van der Waals surface area contributed by atoms with Gasteiger partial charge in [0.05, 0.1) is 6.26 Å². The number of sulfonamides is 1. The lowest BCUT2D eigenvalue weighted by molar-refractivity contribution is -0.114. The Morgan fingerprint density at radius 1 is 1.33 bits per heavy atom. The largest absolute Gasteiger partial charge is 0.320 e. The molecule has 0 aromatic heterocycles. The van der Waals surface area contributed by atoms with Crippen molar-refractivity contribution in [2.24, 2.45) is 0 Å². The van der Waals surface area contributed by atoms with Crippen molar-refractivity contribution in [1.82, 2.24) is 4.72 Å². The lowest BCUT2D eigenvalue weighted by Crippen LogP contribution is -2.21. The third kappa shape index (κ3) is 5.07. The van der Waals surface area contributed by atoms with Crippen LogP contribution < -0.4 is 10.0 Å². The molecule has 7 heteroatoms. The minimum absolute atomic E-state index is 0.156. The summed E-state index contributed by atoms with van der Waals surface area (Å²) in [5, 5.41) is 2.29. The lowest BCUT2D eigenvalue weighted by Gasteiger charge is -2.05. The summed E-state index contributed by atoms with van der Waals surface area (Å²) in [6.45, 7) is 3.03. The predicted molar refractivity (Wildman–Crippen MR) is 67.0 cm³/mol. The quantitative estimate of drug-likeness (QED) is 0.790. The van der Waals surface area contributed by atoms with Crippen LogP contribution in [-0.4, -0.2) is 20.6 Å². The molecule has 0 saturated carbocycles. The molecule has 0 aliphatic rings. The van der Waals surface area contributed by atoms with Crippen molar-refractivity contribution in [3.05, 3.63) is 42.2 Å². The van der Waals surface area contributed by atoms with Gasteiger partial charge in [-0.15, -0.1) is 0 Å². The zero-order valence-electron chi connectivity index (χ0n) is 9.73. The van der Waals surface area contributed by atoms with Crippen molar-refractivity contribution in [2.45, 2.75) is 6.54 Å². The van der Waals surface area contributed by atoms with Gasteiger partial charge in [0.2, 0.25) is 10.0 Å². The molecule has 0 aliphatic carbocycles. The van der Waals surface area contributed by atoms with Gasteiger partial charge in [-0.25, -0.2) is 17.5 Å². The highest BCUT2D eigenvalue weighted by atomic mass is 32.2. The molecule has 2 N–H and O–H groups in total. The molecule has 0 atom stereocenters. The number of anilines is 1. The molecule has 18 heavy (non-hydrogen) atoms. The van der Waals surface area contributed by atoms with Crippen LogP contribution in [0.5, 0.6) is 0 Å². The number of carbonyl (C=O) groups excluding carboxylic acids is 1. The number of benzene rings is 1. The second-order valence-corrected chi connectivity index (χ2v) is 5.48. The van der Waals surface area contributed by atoms with E-state index in [2.05, 4.69) is 16.6 Å². The van der Waals surface area contributed by atoms with E-state index in [-0.39, 0.29) is 6.54 Å². The Hall–Kier alpha value is -1.73. The summed E-state index contributed by atoms with van der Waals surface area (Å²) in [4.78, 5) is 11.0. The number of rotatable bonds is 5. The molecule has 0 radical (unpaired) electrons. The lowest BCUT2D eigenvalue weighted by atomic mass is 10.2. The first-order valence-corrected chi connectivity index (χ1v) is 6.86. The molecule has 0 saturated heterocycles. The van der Waals surface area contributed by atoms with Crippen LogP contribution in [0.3, 0.4) is 0 Å². The van der Waals surface area contributed by atoms with Gasteiger partial charge in [0.15, 0.2) is 5.83 Å². The summed E-state index contributed by atoms with van der Waals surface area (Å²) >= 11 is 0. The summed E-state index contributed by atoms with van der Waals surface area (Å²) in [5.74, 6) is -1.98.